The lowest BCUT2D eigenvalue weighted by Gasteiger charge is -2.35. The van der Waals surface area contributed by atoms with Crippen molar-refractivity contribution in [2.24, 2.45) is 11.7 Å². The molecule has 0 bridgehead atoms. The van der Waals surface area contributed by atoms with E-state index in [4.69, 9.17) is 5.73 Å². The maximum absolute atomic E-state index is 13.0. The van der Waals surface area contributed by atoms with Crippen LogP contribution < -0.4 is 5.73 Å². The van der Waals surface area contributed by atoms with Crippen molar-refractivity contribution in [3.05, 3.63) is 0 Å². The summed E-state index contributed by atoms with van der Waals surface area (Å²) in [5.74, 6) is 0.0278. The fourth-order valence-corrected chi connectivity index (χ4v) is 4.85. The topological polar surface area (TPSA) is 69.9 Å². The van der Waals surface area contributed by atoms with E-state index in [0.29, 0.717) is 12.5 Å². The highest BCUT2D eigenvalue weighted by Crippen LogP contribution is 2.24. The fourth-order valence-electron chi connectivity index (χ4n) is 4.85. The van der Waals surface area contributed by atoms with Gasteiger partial charge in [-0.3, -0.25) is 19.4 Å². The molecule has 0 radical (unpaired) electrons. The SMILES string of the molecule is NC(=O)CN1CCCC(C(=O)N2CCCN(C3CCCCC3)CC2)C1. The van der Waals surface area contributed by atoms with E-state index in [1.54, 1.807) is 0 Å². The lowest BCUT2D eigenvalue weighted by Crippen LogP contribution is -2.48. The van der Waals surface area contributed by atoms with Crippen molar-refractivity contribution in [1.82, 2.24) is 14.7 Å². The second-order valence-corrected chi connectivity index (χ2v) is 8.05. The van der Waals surface area contributed by atoms with E-state index in [2.05, 4.69) is 9.80 Å². The Bertz CT molecular complexity index is 464. The number of likely N-dealkylation sites (tertiary alicyclic amines) is 1. The van der Waals surface area contributed by atoms with E-state index in [-0.39, 0.29) is 18.4 Å². The van der Waals surface area contributed by atoms with Crippen LogP contribution in [0, 0.1) is 5.92 Å². The van der Waals surface area contributed by atoms with E-state index >= 15 is 0 Å². The molecule has 2 heterocycles. The first-order valence-corrected chi connectivity index (χ1v) is 10.2. The molecule has 1 atom stereocenters. The normalized spacial score (nSPS) is 27.8. The molecule has 25 heavy (non-hydrogen) atoms. The van der Waals surface area contributed by atoms with Gasteiger partial charge in [-0.1, -0.05) is 19.3 Å². The van der Waals surface area contributed by atoms with Gasteiger partial charge in [-0.25, -0.2) is 0 Å². The summed E-state index contributed by atoms with van der Waals surface area (Å²) in [6.45, 7) is 5.74. The Morgan fingerprint density at radius 1 is 0.840 bits per heavy atom. The van der Waals surface area contributed by atoms with Gasteiger partial charge in [-0.15, -0.1) is 0 Å². The van der Waals surface area contributed by atoms with Gasteiger partial charge in [-0.2, -0.15) is 0 Å². The predicted octanol–water partition coefficient (Wildman–Crippen LogP) is 1.05. The summed E-state index contributed by atoms with van der Waals surface area (Å²) < 4.78 is 0. The van der Waals surface area contributed by atoms with E-state index in [0.717, 1.165) is 58.0 Å². The fraction of sp³-hybridized carbons (Fsp3) is 0.895. The number of nitrogens with zero attached hydrogens (tertiary/aromatic N) is 3. The molecule has 3 aliphatic rings. The largest absolute Gasteiger partial charge is 0.369 e. The minimum Gasteiger partial charge on any atom is -0.369 e. The van der Waals surface area contributed by atoms with Crippen molar-refractivity contribution >= 4 is 11.8 Å². The Labute approximate surface area is 151 Å². The van der Waals surface area contributed by atoms with Crippen LogP contribution in [0.1, 0.15) is 51.4 Å². The predicted molar refractivity (Wildman–Crippen MR) is 98.0 cm³/mol. The molecule has 3 fully saturated rings. The van der Waals surface area contributed by atoms with Crippen molar-refractivity contribution in [2.45, 2.75) is 57.4 Å². The molecular formula is C19H34N4O2. The molecule has 2 amide bonds. The number of hydrogen-bond donors (Lipinski definition) is 1. The molecule has 1 aliphatic carbocycles. The van der Waals surface area contributed by atoms with Gasteiger partial charge in [0.1, 0.15) is 0 Å². The summed E-state index contributed by atoms with van der Waals surface area (Å²) in [5.41, 5.74) is 5.31. The molecule has 6 nitrogen and oxygen atoms in total. The van der Waals surface area contributed by atoms with Crippen LogP contribution >= 0.6 is 0 Å². The van der Waals surface area contributed by atoms with Gasteiger partial charge in [0.15, 0.2) is 0 Å². The summed E-state index contributed by atoms with van der Waals surface area (Å²) >= 11 is 0. The number of piperidine rings is 1. The van der Waals surface area contributed by atoms with E-state index in [9.17, 15) is 9.59 Å². The van der Waals surface area contributed by atoms with Crippen molar-refractivity contribution in [3.8, 4) is 0 Å². The Morgan fingerprint density at radius 3 is 2.40 bits per heavy atom. The number of nitrogens with two attached hydrogens (primary N) is 1. The minimum atomic E-state index is -0.300. The average molecular weight is 351 g/mol. The van der Waals surface area contributed by atoms with Gasteiger partial charge >= 0.3 is 0 Å². The molecule has 3 rings (SSSR count). The lowest BCUT2D eigenvalue weighted by atomic mass is 9.94. The number of primary amides is 1. The maximum Gasteiger partial charge on any atom is 0.231 e. The highest BCUT2D eigenvalue weighted by molar-refractivity contribution is 5.79. The van der Waals surface area contributed by atoms with Crippen LogP contribution in [0.3, 0.4) is 0 Å². The molecule has 142 valence electrons. The standard InChI is InChI=1S/C19H34N4O2/c20-18(24)15-21-9-4-6-16(14-21)19(25)23-11-5-10-22(12-13-23)17-7-2-1-3-8-17/h16-17H,1-15H2,(H2,20,24). The Hall–Kier alpha value is -1.14. The van der Waals surface area contributed by atoms with Crippen LogP contribution in [0.25, 0.3) is 0 Å². The molecule has 1 saturated carbocycles. The molecule has 2 aliphatic heterocycles. The molecule has 2 saturated heterocycles. The van der Waals surface area contributed by atoms with Crippen molar-refractivity contribution in [3.63, 3.8) is 0 Å². The highest BCUT2D eigenvalue weighted by Gasteiger charge is 2.31. The first-order chi connectivity index (χ1) is 12.1. The monoisotopic (exact) mass is 350 g/mol. The van der Waals surface area contributed by atoms with Gasteiger partial charge in [0.2, 0.25) is 11.8 Å². The Balaban J connectivity index is 1.51. The van der Waals surface area contributed by atoms with Crippen molar-refractivity contribution in [2.75, 3.05) is 45.8 Å². The minimum absolute atomic E-state index is 0.0364. The molecular weight excluding hydrogens is 316 g/mol. The zero-order chi connectivity index (χ0) is 17.6. The van der Waals surface area contributed by atoms with Crippen molar-refractivity contribution < 1.29 is 9.59 Å². The summed E-state index contributed by atoms with van der Waals surface area (Å²) in [5, 5.41) is 0. The smallest absolute Gasteiger partial charge is 0.231 e. The van der Waals surface area contributed by atoms with Crippen LogP contribution in [0.15, 0.2) is 0 Å². The number of rotatable bonds is 4. The molecule has 1 unspecified atom stereocenters. The zero-order valence-electron chi connectivity index (χ0n) is 15.5. The first kappa shape index (κ1) is 18.6. The number of carbonyl (C=O) groups is 2. The van der Waals surface area contributed by atoms with E-state index in [1.165, 1.54) is 32.1 Å². The molecule has 0 aromatic rings. The molecule has 0 aromatic carbocycles. The van der Waals surface area contributed by atoms with Gasteiger partial charge in [0.25, 0.3) is 0 Å². The third-order valence-electron chi connectivity index (χ3n) is 6.17. The van der Waals surface area contributed by atoms with Gasteiger partial charge in [0.05, 0.1) is 12.5 Å². The molecule has 2 N–H and O–H groups in total. The second-order valence-electron chi connectivity index (χ2n) is 8.05. The van der Waals surface area contributed by atoms with Crippen LogP contribution in [-0.2, 0) is 9.59 Å². The third-order valence-corrected chi connectivity index (χ3v) is 6.17. The van der Waals surface area contributed by atoms with E-state index in [1.807, 2.05) is 4.90 Å². The van der Waals surface area contributed by atoms with Crippen molar-refractivity contribution in [1.29, 1.82) is 0 Å². The number of hydrogen-bond acceptors (Lipinski definition) is 4. The zero-order valence-corrected chi connectivity index (χ0v) is 15.5. The quantitative estimate of drug-likeness (QED) is 0.823. The van der Waals surface area contributed by atoms with Gasteiger partial charge in [0, 0.05) is 38.8 Å². The third kappa shape index (κ3) is 5.17. The summed E-state index contributed by atoms with van der Waals surface area (Å²) in [4.78, 5) is 30.9. The van der Waals surface area contributed by atoms with Crippen LogP contribution in [0.2, 0.25) is 0 Å². The van der Waals surface area contributed by atoms with Crippen LogP contribution in [0.5, 0.6) is 0 Å². The molecule has 6 heteroatoms. The highest BCUT2D eigenvalue weighted by atomic mass is 16.2. The van der Waals surface area contributed by atoms with E-state index < -0.39 is 0 Å². The summed E-state index contributed by atoms with van der Waals surface area (Å²) in [7, 11) is 0. The Morgan fingerprint density at radius 2 is 1.64 bits per heavy atom. The summed E-state index contributed by atoms with van der Waals surface area (Å²) in [6, 6.07) is 0.740. The van der Waals surface area contributed by atoms with Crippen LogP contribution in [-0.4, -0.2) is 78.4 Å². The lowest BCUT2D eigenvalue weighted by molar-refractivity contribution is -0.138. The Kier molecular flexibility index (Phi) is 6.70. The number of carbonyl (C=O) groups excluding carboxylic acids is 2. The van der Waals surface area contributed by atoms with Crippen LogP contribution in [0.4, 0.5) is 0 Å². The number of amides is 2. The molecule has 0 spiro atoms. The second kappa shape index (κ2) is 8.99. The average Bonchev–Trinajstić information content (AvgIpc) is 2.88. The summed E-state index contributed by atoms with van der Waals surface area (Å²) in [6.07, 6.45) is 9.78. The maximum atomic E-state index is 13.0. The van der Waals surface area contributed by atoms with Gasteiger partial charge < -0.3 is 10.6 Å². The first-order valence-electron chi connectivity index (χ1n) is 10.2. The van der Waals surface area contributed by atoms with Gasteiger partial charge in [-0.05, 0) is 38.6 Å². The molecule has 0 aromatic heterocycles.